The molecule has 84 valence electrons. The first-order valence-electron chi connectivity index (χ1n) is 5.21. The molecule has 0 atom stereocenters. The van der Waals surface area contributed by atoms with Gasteiger partial charge >= 0.3 is 0 Å². The third-order valence-corrected chi connectivity index (χ3v) is 2.22. The van der Waals surface area contributed by atoms with E-state index in [-0.39, 0.29) is 5.91 Å². The Balaban J connectivity index is 2.02. The average molecular weight is 211 g/mol. The maximum Gasteiger partial charge on any atom is 0.234 e. The van der Waals surface area contributed by atoms with Gasteiger partial charge < -0.3 is 5.32 Å². The molecule has 6 nitrogen and oxygen atoms in total. The van der Waals surface area contributed by atoms with Gasteiger partial charge in [0.15, 0.2) is 0 Å². The Kier molecular flexibility index (Phi) is 4.93. The Morgan fingerprint density at radius 2 is 2.40 bits per heavy atom. The molecular weight excluding hydrogens is 194 g/mol. The van der Waals surface area contributed by atoms with Crippen LogP contribution in [0.25, 0.3) is 10.4 Å². The number of hydrogen-bond donors (Lipinski definition) is 1. The normalized spacial score (nSPS) is 14.8. The van der Waals surface area contributed by atoms with Gasteiger partial charge in [-0.2, -0.15) is 0 Å². The predicted molar refractivity (Wildman–Crippen MR) is 57.3 cm³/mol. The van der Waals surface area contributed by atoms with Crippen LogP contribution in [-0.2, 0) is 4.79 Å². The first kappa shape index (κ1) is 11.8. The summed E-state index contributed by atoms with van der Waals surface area (Å²) in [6.07, 6.45) is 3.02. The van der Waals surface area contributed by atoms with E-state index in [1.807, 2.05) is 11.9 Å². The molecule has 0 radical (unpaired) electrons. The van der Waals surface area contributed by atoms with E-state index in [9.17, 15) is 4.79 Å². The molecule has 0 spiro atoms. The molecule has 0 aromatic carbocycles. The molecule has 1 saturated carbocycles. The number of hydrogen-bond acceptors (Lipinski definition) is 3. The lowest BCUT2D eigenvalue weighted by Gasteiger charge is -2.15. The van der Waals surface area contributed by atoms with Crippen LogP contribution in [0.3, 0.4) is 0 Å². The zero-order valence-corrected chi connectivity index (χ0v) is 9.02. The molecule has 0 aliphatic heterocycles. The fourth-order valence-electron chi connectivity index (χ4n) is 1.28. The highest BCUT2D eigenvalue weighted by Crippen LogP contribution is 2.18. The Morgan fingerprint density at radius 1 is 1.67 bits per heavy atom. The zero-order valence-electron chi connectivity index (χ0n) is 9.02. The molecule has 1 amide bonds. The maximum absolute atomic E-state index is 11.4. The van der Waals surface area contributed by atoms with Gasteiger partial charge in [-0.05, 0) is 38.4 Å². The van der Waals surface area contributed by atoms with Crippen molar-refractivity contribution in [3.63, 3.8) is 0 Å². The highest BCUT2D eigenvalue weighted by atomic mass is 16.2. The second-order valence-corrected chi connectivity index (χ2v) is 3.89. The number of likely N-dealkylation sites (N-methyl/N-ethyl adjacent to an activating group) is 1. The second-order valence-electron chi connectivity index (χ2n) is 3.89. The van der Waals surface area contributed by atoms with Crippen LogP contribution in [0.15, 0.2) is 5.11 Å². The van der Waals surface area contributed by atoms with E-state index in [0.717, 1.165) is 25.8 Å². The summed E-state index contributed by atoms with van der Waals surface area (Å²) in [5.41, 5.74) is 8.06. The largest absolute Gasteiger partial charge is 0.352 e. The molecule has 0 aromatic heterocycles. The lowest BCUT2D eigenvalue weighted by atomic mass is 10.4. The molecule has 6 heteroatoms. The minimum Gasteiger partial charge on any atom is -0.352 e. The quantitative estimate of drug-likeness (QED) is 0.294. The summed E-state index contributed by atoms with van der Waals surface area (Å²) in [6, 6.07) is 0.425. The Morgan fingerprint density at radius 3 is 3.00 bits per heavy atom. The van der Waals surface area contributed by atoms with E-state index in [4.69, 9.17) is 5.53 Å². The van der Waals surface area contributed by atoms with Crippen molar-refractivity contribution in [3.8, 4) is 0 Å². The molecule has 1 N–H and O–H groups in total. The molecule has 0 saturated heterocycles. The fourth-order valence-corrected chi connectivity index (χ4v) is 1.28. The van der Waals surface area contributed by atoms with Crippen molar-refractivity contribution in [3.05, 3.63) is 10.4 Å². The van der Waals surface area contributed by atoms with Crippen LogP contribution in [0.5, 0.6) is 0 Å². The van der Waals surface area contributed by atoms with Crippen LogP contribution >= 0.6 is 0 Å². The van der Waals surface area contributed by atoms with Crippen molar-refractivity contribution < 1.29 is 4.79 Å². The fraction of sp³-hybridized carbons (Fsp3) is 0.889. The monoisotopic (exact) mass is 211 g/mol. The van der Waals surface area contributed by atoms with Crippen molar-refractivity contribution in [1.29, 1.82) is 0 Å². The van der Waals surface area contributed by atoms with Crippen molar-refractivity contribution in [2.45, 2.75) is 25.3 Å². The molecule has 15 heavy (non-hydrogen) atoms. The number of nitrogens with zero attached hydrogens (tertiary/aromatic N) is 4. The topological polar surface area (TPSA) is 81.1 Å². The summed E-state index contributed by atoms with van der Waals surface area (Å²) in [5.74, 6) is 0.0868. The van der Waals surface area contributed by atoms with Gasteiger partial charge in [0.2, 0.25) is 5.91 Å². The Labute approximate surface area is 89.3 Å². The van der Waals surface area contributed by atoms with Crippen molar-refractivity contribution in [2.75, 3.05) is 26.7 Å². The van der Waals surface area contributed by atoms with Crippen LogP contribution in [0.4, 0.5) is 0 Å². The Hall–Kier alpha value is -1.26. The maximum atomic E-state index is 11.4. The number of carbonyl (C=O) groups is 1. The number of nitrogens with one attached hydrogen (secondary N) is 1. The summed E-state index contributed by atoms with van der Waals surface area (Å²) >= 11 is 0. The summed E-state index contributed by atoms with van der Waals surface area (Å²) in [4.78, 5) is 16.0. The van der Waals surface area contributed by atoms with E-state index < -0.39 is 0 Å². The SMILES string of the molecule is CN(CCCN=[N+]=[N-])CC(=O)NC1CC1. The molecule has 0 heterocycles. The summed E-state index contributed by atoms with van der Waals surface area (Å²) in [6.45, 7) is 1.69. The highest BCUT2D eigenvalue weighted by Gasteiger charge is 2.23. The van der Waals surface area contributed by atoms with Crippen LogP contribution in [0.1, 0.15) is 19.3 Å². The van der Waals surface area contributed by atoms with E-state index in [1.165, 1.54) is 0 Å². The molecular formula is C9H17N5O. The average Bonchev–Trinajstić information content (AvgIpc) is 2.96. The first-order valence-corrected chi connectivity index (χ1v) is 5.21. The van der Waals surface area contributed by atoms with Crippen LogP contribution in [0.2, 0.25) is 0 Å². The minimum atomic E-state index is 0.0868. The van der Waals surface area contributed by atoms with Gasteiger partial charge in [-0.25, -0.2) is 0 Å². The van der Waals surface area contributed by atoms with Crippen molar-refractivity contribution in [1.82, 2.24) is 10.2 Å². The van der Waals surface area contributed by atoms with Crippen LogP contribution in [-0.4, -0.2) is 43.5 Å². The molecule has 1 fully saturated rings. The zero-order chi connectivity index (χ0) is 11.1. The molecule has 0 unspecified atom stereocenters. The standard InChI is InChI=1S/C9H17N5O/c1-14(6-2-5-11-13-10)7-9(15)12-8-3-4-8/h8H,2-7H2,1H3,(H,12,15). The molecule has 0 bridgehead atoms. The predicted octanol–water partition coefficient (Wildman–Crippen LogP) is 0.897. The third-order valence-electron chi connectivity index (χ3n) is 2.22. The number of azide groups is 1. The number of rotatable bonds is 7. The Bertz CT molecular complexity index is 257. The molecule has 1 rings (SSSR count). The number of carbonyl (C=O) groups excluding carboxylic acids is 1. The lowest BCUT2D eigenvalue weighted by molar-refractivity contribution is -0.122. The van der Waals surface area contributed by atoms with Gasteiger partial charge in [0.1, 0.15) is 0 Å². The highest BCUT2D eigenvalue weighted by molar-refractivity contribution is 5.78. The van der Waals surface area contributed by atoms with E-state index in [2.05, 4.69) is 15.3 Å². The van der Waals surface area contributed by atoms with Gasteiger partial charge in [-0.15, -0.1) is 0 Å². The smallest absolute Gasteiger partial charge is 0.234 e. The summed E-state index contributed by atoms with van der Waals surface area (Å²) < 4.78 is 0. The molecule has 1 aliphatic carbocycles. The van der Waals surface area contributed by atoms with Crippen LogP contribution < -0.4 is 5.32 Å². The van der Waals surface area contributed by atoms with Crippen molar-refractivity contribution in [2.24, 2.45) is 5.11 Å². The van der Waals surface area contributed by atoms with Crippen LogP contribution in [0, 0.1) is 0 Å². The van der Waals surface area contributed by atoms with Gasteiger partial charge in [-0.3, -0.25) is 9.69 Å². The minimum absolute atomic E-state index is 0.0868. The van der Waals surface area contributed by atoms with Crippen molar-refractivity contribution >= 4 is 5.91 Å². The second kappa shape index (κ2) is 6.27. The van der Waals surface area contributed by atoms with Gasteiger partial charge in [0.05, 0.1) is 6.54 Å². The third kappa shape index (κ3) is 5.93. The first-order chi connectivity index (χ1) is 7.22. The molecule has 1 aliphatic rings. The summed E-state index contributed by atoms with van der Waals surface area (Å²) in [5, 5.41) is 6.36. The van der Waals surface area contributed by atoms with E-state index >= 15 is 0 Å². The van der Waals surface area contributed by atoms with E-state index in [1.54, 1.807) is 0 Å². The lowest BCUT2D eigenvalue weighted by Crippen LogP contribution is -2.36. The molecule has 0 aromatic rings. The summed E-state index contributed by atoms with van der Waals surface area (Å²) in [7, 11) is 1.89. The number of amides is 1. The van der Waals surface area contributed by atoms with E-state index in [0.29, 0.717) is 19.1 Å². The van der Waals surface area contributed by atoms with Gasteiger partial charge in [0.25, 0.3) is 0 Å². The van der Waals surface area contributed by atoms with Gasteiger partial charge in [0, 0.05) is 17.5 Å². The van der Waals surface area contributed by atoms with Gasteiger partial charge in [-0.1, -0.05) is 5.11 Å².